The number of Topliss-reactive ketones (excluding diaryl/α,β-unsaturated/α-hetero) is 1. The molecule has 0 radical (unpaired) electrons. The normalized spacial score (nSPS) is 20.1. The minimum Gasteiger partial charge on any atom is -0.481 e. The quantitative estimate of drug-likeness (QED) is 0.775. The fourth-order valence-electron chi connectivity index (χ4n) is 3.22. The fourth-order valence-corrected chi connectivity index (χ4v) is 3.47. The van der Waals surface area contributed by atoms with Gasteiger partial charge in [0.05, 0.1) is 12.5 Å². The van der Waals surface area contributed by atoms with Gasteiger partial charge in [-0.2, -0.15) is 0 Å². The van der Waals surface area contributed by atoms with Crippen molar-refractivity contribution < 1.29 is 19.1 Å². The van der Waals surface area contributed by atoms with E-state index < -0.39 is 17.8 Å². The van der Waals surface area contributed by atoms with Gasteiger partial charge in [0.2, 0.25) is 0 Å². The van der Waals surface area contributed by atoms with E-state index >= 15 is 0 Å². The molecule has 4 nitrogen and oxygen atoms in total. The average Bonchev–Trinajstić information content (AvgIpc) is 3.36. The van der Waals surface area contributed by atoms with Gasteiger partial charge in [0.15, 0.2) is 5.78 Å². The van der Waals surface area contributed by atoms with Gasteiger partial charge in [0, 0.05) is 24.6 Å². The van der Waals surface area contributed by atoms with Crippen LogP contribution in [0.25, 0.3) is 0 Å². The van der Waals surface area contributed by atoms with Crippen LogP contribution in [0.3, 0.4) is 0 Å². The van der Waals surface area contributed by atoms with Crippen molar-refractivity contribution in [2.75, 3.05) is 13.1 Å². The van der Waals surface area contributed by atoms with Crippen LogP contribution in [0, 0.1) is 11.7 Å². The second-order valence-corrected chi connectivity index (χ2v) is 6.98. The second kappa shape index (κ2) is 7.07. The Balaban J connectivity index is 1.90. The molecule has 24 heavy (non-hydrogen) atoms. The first-order chi connectivity index (χ1) is 11.5. The van der Waals surface area contributed by atoms with E-state index in [2.05, 4.69) is 12.6 Å². The average molecular weight is 349 g/mol. The summed E-state index contributed by atoms with van der Waals surface area (Å²) in [5, 5.41) is 9.06. The number of halogens is 1. The molecule has 0 amide bonds. The lowest BCUT2D eigenvalue weighted by atomic mass is 9.94. The zero-order valence-corrected chi connectivity index (χ0v) is 14.1. The maximum absolute atomic E-state index is 14.3. The van der Waals surface area contributed by atoms with Crippen LogP contribution in [0.1, 0.15) is 37.3 Å². The molecule has 2 aliphatic rings. The Morgan fingerprint density at radius 1 is 1.33 bits per heavy atom. The van der Waals surface area contributed by atoms with E-state index in [0.29, 0.717) is 30.6 Å². The summed E-state index contributed by atoms with van der Waals surface area (Å²) in [4.78, 5) is 26.5. The molecule has 0 aromatic heterocycles. The minimum absolute atomic E-state index is 0.00101. The summed E-state index contributed by atoms with van der Waals surface area (Å²) in [5.74, 6) is -1.28. The molecule has 1 aliphatic carbocycles. The molecule has 1 saturated carbocycles. The standard InChI is InChI=1S/C18H20FNO3S/c19-14-4-2-1-3-13(14)17(18(23)11-5-6-11)20-8-7-15(24)12(10-20)9-16(21)22/h1-4,11,17,24H,5-10H2,(H,21,22). The van der Waals surface area contributed by atoms with E-state index in [9.17, 15) is 14.0 Å². The highest BCUT2D eigenvalue weighted by atomic mass is 32.1. The Morgan fingerprint density at radius 3 is 2.67 bits per heavy atom. The molecule has 128 valence electrons. The van der Waals surface area contributed by atoms with Gasteiger partial charge < -0.3 is 5.11 Å². The first kappa shape index (κ1) is 17.2. The van der Waals surface area contributed by atoms with Crippen LogP contribution >= 0.6 is 12.6 Å². The van der Waals surface area contributed by atoms with Crippen molar-refractivity contribution in [1.82, 2.24) is 4.90 Å². The fraction of sp³-hybridized carbons (Fsp3) is 0.444. The Morgan fingerprint density at radius 2 is 2.04 bits per heavy atom. The Labute approximate surface area is 145 Å². The number of rotatable bonds is 6. The smallest absolute Gasteiger partial charge is 0.307 e. The molecule has 1 aromatic rings. The number of carboxylic acid groups (broad SMARTS) is 1. The van der Waals surface area contributed by atoms with Crippen LogP contribution in [0.5, 0.6) is 0 Å². The molecule has 0 bridgehead atoms. The summed E-state index contributed by atoms with van der Waals surface area (Å²) in [6.07, 6.45) is 2.19. The summed E-state index contributed by atoms with van der Waals surface area (Å²) >= 11 is 4.38. The predicted molar refractivity (Wildman–Crippen MR) is 91.3 cm³/mol. The summed E-state index contributed by atoms with van der Waals surface area (Å²) < 4.78 is 14.3. The third-order valence-electron chi connectivity index (χ3n) is 4.62. The summed E-state index contributed by atoms with van der Waals surface area (Å²) in [7, 11) is 0. The first-order valence-electron chi connectivity index (χ1n) is 8.11. The number of carboxylic acids is 1. The van der Waals surface area contributed by atoms with E-state index in [0.717, 1.165) is 17.7 Å². The Kier molecular flexibility index (Phi) is 5.06. The lowest BCUT2D eigenvalue weighted by Crippen LogP contribution is -2.40. The molecule has 1 aromatic carbocycles. The van der Waals surface area contributed by atoms with Crippen LogP contribution in [-0.4, -0.2) is 34.8 Å². The van der Waals surface area contributed by atoms with Gasteiger partial charge in [-0.1, -0.05) is 18.2 Å². The minimum atomic E-state index is -0.922. The van der Waals surface area contributed by atoms with E-state index in [1.807, 2.05) is 4.90 Å². The number of carbonyl (C=O) groups excluding carboxylic acids is 1. The van der Waals surface area contributed by atoms with E-state index in [-0.39, 0.29) is 18.1 Å². The van der Waals surface area contributed by atoms with Crippen LogP contribution in [-0.2, 0) is 9.59 Å². The maximum Gasteiger partial charge on any atom is 0.307 e. The van der Waals surface area contributed by atoms with Gasteiger partial charge in [0.25, 0.3) is 0 Å². The molecule has 1 fully saturated rings. The van der Waals surface area contributed by atoms with Crippen molar-refractivity contribution in [3.8, 4) is 0 Å². The van der Waals surface area contributed by atoms with Crippen LogP contribution in [0.4, 0.5) is 4.39 Å². The summed E-state index contributed by atoms with van der Waals surface area (Å²) in [6, 6.07) is 5.70. The third-order valence-corrected chi connectivity index (χ3v) is 5.16. The van der Waals surface area contributed by atoms with E-state index in [4.69, 9.17) is 5.11 Å². The van der Waals surface area contributed by atoms with Gasteiger partial charge in [-0.05, 0) is 35.8 Å². The number of ketones is 1. The van der Waals surface area contributed by atoms with Crippen LogP contribution < -0.4 is 0 Å². The van der Waals surface area contributed by atoms with Gasteiger partial charge >= 0.3 is 5.97 Å². The monoisotopic (exact) mass is 349 g/mol. The maximum atomic E-state index is 14.3. The molecular weight excluding hydrogens is 329 g/mol. The lowest BCUT2D eigenvalue weighted by Gasteiger charge is -2.35. The molecule has 0 saturated heterocycles. The van der Waals surface area contributed by atoms with Crippen LogP contribution in [0.2, 0.25) is 0 Å². The summed E-state index contributed by atoms with van der Waals surface area (Å²) in [6.45, 7) is 0.905. The SMILES string of the molecule is O=C(O)CC1=C(S)CCN(C(C(=O)C2CC2)c2ccccc2F)C1. The Bertz CT molecular complexity index is 699. The number of aliphatic carboxylic acids is 1. The number of hydrogen-bond donors (Lipinski definition) is 2. The molecule has 0 spiro atoms. The van der Waals surface area contributed by atoms with E-state index in [1.54, 1.807) is 18.2 Å². The second-order valence-electron chi connectivity index (χ2n) is 6.44. The van der Waals surface area contributed by atoms with Crippen molar-refractivity contribution in [3.63, 3.8) is 0 Å². The lowest BCUT2D eigenvalue weighted by molar-refractivity contribution is -0.136. The number of carbonyl (C=O) groups is 2. The Hall–Kier alpha value is -1.66. The molecule has 1 N–H and O–H groups in total. The van der Waals surface area contributed by atoms with Crippen molar-refractivity contribution in [3.05, 3.63) is 46.1 Å². The first-order valence-corrected chi connectivity index (χ1v) is 8.56. The highest BCUT2D eigenvalue weighted by Gasteiger charge is 2.40. The van der Waals surface area contributed by atoms with Crippen molar-refractivity contribution in [1.29, 1.82) is 0 Å². The van der Waals surface area contributed by atoms with E-state index in [1.165, 1.54) is 6.07 Å². The van der Waals surface area contributed by atoms with Crippen LogP contribution in [0.15, 0.2) is 34.7 Å². The highest BCUT2D eigenvalue weighted by molar-refractivity contribution is 7.84. The molecule has 1 aliphatic heterocycles. The zero-order chi connectivity index (χ0) is 17.3. The number of nitrogens with zero attached hydrogens (tertiary/aromatic N) is 1. The zero-order valence-electron chi connectivity index (χ0n) is 13.2. The van der Waals surface area contributed by atoms with Gasteiger partial charge in [-0.25, -0.2) is 4.39 Å². The molecular formula is C18H20FNO3S. The number of thiol groups is 1. The number of benzene rings is 1. The van der Waals surface area contributed by atoms with Crippen molar-refractivity contribution in [2.45, 2.75) is 31.7 Å². The molecule has 1 atom stereocenters. The van der Waals surface area contributed by atoms with Gasteiger partial charge in [-0.3, -0.25) is 14.5 Å². The van der Waals surface area contributed by atoms with Crippen molar-refractivity contribution >= 4 is 24.4 Å². The molecule has 1 heterocycles. The molecule has 3 rings (SSSR count). The van der Waals surface area contributed by atoms with Gasteiger partial charge in [0.1, 0.15) is 5.82 Å². The van der Waals surface area contributed by atoms with Crippen molar-refractivity contribution in [2.24, 2.45) is 5.92 Å². The van der Waals surface area contributed by atoms with Gasteiger partial charge in [-0.15, -0.1) is 12.6 Å². The number of hydrogen-bond acceptors (Lipinski definition) is 4. The highest BCUT2D eigenvalue weighted by Crippen LogP contribution is 2.39. The largest absolute Gasteiger partial charge is 0.481 e. The molecule has 1 unspecified atom stereocenters. The summed E-state index contributed by atoms with van der Waals surface area (Å²) in [5.41, 5.74) is 1.08. The molecule has 6 heteroatoms. The topological polar surface area (TPSA) is 57.6 Å². The predicted octanol–water partition coefficient (Wildman–Crippen LogP) is 3.21. The third kappa shape index (κ3) is 3.70.